The maximum Gasteiger partial charge on any atom is 0.302 e. The molecule has 0 rings (SSSR count). The van der Waals surface area contributed by atoms with Crippen molar-refractivity contribution in [2.75, 3.05) is 12.4 Å². The third-order valence-electron chi connectivity index (χ3n) is 2.50. The molecule has 0 saturated carbocycles. The molecule has 1 atom stereocenters. The summed E-state index contributed by atoms with van der Waals surface area (Å²) in [5, 5.41) is 0.140. The van der Waals surface area contributed by atoms with Gasteiger partial charge in [0.1, 0.15) is 11.0 Å². The van der Waals surface area contributed by atoms with Gasteiger partial charge in [0.25, 0.3) is 0 Å². The highest BCUT2D eigenvalue weighted by atomic mass is 35.5. The Balaban J connectivity index is 3.91. The fourth-order valence-electron chi connectivity index (χ4n) is 1.45. The molecule has 1 unspecified atom stereocenters. The third kappa shape index (κ3) is 10.4. The molecule has 0 bridgehead atoms. The van der Waals surface area contributed by atoms with Crippen molar-refractivity contribution in [3.8, 4) is 0 Å². The summed E-state index contributed by atoms with van der Waals surface area (Å²) in [6.45, 7) is 3.34. The maximum atomic E-state index is 11.8. The third-order valence-corrected chi connectivity index (χ3v) is 5.06. The van der Waals surface area contributed by atoms with E-state index >= 15 is 0 Å². The molecule has 0 aliphatic carbocycles. The fraction of sp³-hybridized carbons (Fsp3) is 0.769. The first-order valence-electron chi connectivity index (χ1n) is 6.55. The van der Waals surface area contributed by atoms with E-state index in [0.29, 0.717) is 5.75 Å². The lowest BCUT2D eigenvalue weighted by molar-refractivity contribution is -0.139. The van der Waals surface area contributed by atoms with Crippen LogP contribution in [-0.2, 0) is 20.3 Å². The summed E-state index contributed by atoms with van der Waals surface area (Å²) in [4.78, 5) is 10.6. The van der Waals surface area contributed by atoms with E-state index < -0.39 is 16.8 Å². The minimum Gasteiger partial charge on any atom is -0.460 e. The standard InChI is InChI=1S/C13H22Cl2O3S/c1-3-4-5-6-7-8-9-19(17)13(15)12(14)10-18-11(2)16/h3-10H2,1-2H3. The summed E-state index contributed by atoms with van der Waals surface area (Å²) in [7, 11) is -1.29. The lowest BCUT2D eigenvalue weighted by Crippen LogP contribution is -2.04. The molecule has 0 radical (unpaired) electrons. The summed E-state index contributed by atoms with van der Waals surface area (Å²) in [6.07, 6.45) is 6.76. The molecule has 0 amide bonds. The second kappa shape index (κ2) is 11.7. The van der Waals surface area contributed by atoms with Gasteiger partial charge in [-0.1, -0.05) is 62.2 Å². The molecule has 3 nitrogen and oxygen atoms in total. The van der Waals surface area contributed by atoms with Gasteiger partial charge in [0.2, 0.25) is 0 Å². The Morgan fingerprint density at radius 3 is 2.26 bits per heavy atom. The molecule has 0 aliphatic heterocycles. The Bertz CT molecular complexity index is 330. The van der Waals surface area contributed by atoms with Gasteiger partial charge in [-0.05, 0) is 6.42 Å². The zero-order chi connectivity index (χ0) is 14.7. The van der Waals surface area contributed by atoms with Gasteiger partial charge in [0, 0.05) is 12.7 Å². The van der Waals surface area contributed by atoms with Gasteiger partial charge in [-0.15, -0.1) is 0 Å². The zero-order valence-corrected chi connectivity index (χ0v) is 13.9. The molecule has 0 heterocycles. The average molecular weight is 329 g/mol. The molecule has 0 N–H and O–H groups in total. The van der Waals surface area contributed by atoms with Gasteiger partial charge in [0.15, 0.2) is 0 Å². The van der Waals surface area contributed by atoms with E-state index in [0.717, 1.165) is 19.3 Å². The van der Waals surface area contributed by atoms with Gasteiger partial charge >= 0.3 is 5.97 Å². The molecule has 6 heteroatoms. The van der Waals surface area contributed by atoms with Crippen molar-refractivity contribution in [1.82, 2.24) is 0 Å². The van der Waals surface area contributed by atoms with Crippen LogP contribution in [0.1, 0.15) is 52.4 Å². The highest BCUT2D eigenvalue weighted by Gasteiger charge is 2.11. The Hall–Kier alpha value is -0.0600. The summed E-state index contributed by atoms with van der Waals surface area (Å²) in [6, 6.07) is 0. The van der Waals surface area contributed by atoms with Crippen LogP contribution < -0.4 is 0 Å². The van der Waals surface area contributed by atoms with Crippen LogP contribution in [0.25, 0.3) is 0 Å². The van der Waals surface area contributed by atoms with Gasteiger partial charge < -0.3 is 4.74 Å². The number of rotatable bonds is 10. The number of hydrogen-bond donors (Lipinski definition) is 0. The Morgan fingerprint density at radius 1 is 1.11 bits per heavy atom. The molecule has 0 saturated heterocycles. The van der Waals surface area contributed by atoms with Gasteiger partial charge in [0.05, 0.1) is 15.8 Å². The highest BCUT2D eigenvalue weighted by Crippen LogP contribution is 2.19. The van der Waals surface area contributed by atoms with Crippen molar-refractivity contribution in [1.29, 1.82) is 0 Å². The normalized spacial score (nSPS) is 13.9. The molecule has 0 aromatic heterocycles. The molecule has 0 fully saturated rings. The van der Waals surface area contributed by atoms with Crippen LogP contribution >= 0.6 is 23.2 Å². The van der Waals surface area contributed by atoms with Gasteiger partial charge in [-0.25, -0.2) is 0 Å². The molecule has 112 valence electrons. The van der Waals surface area contributed by atoms with Crippen molar-refractivity contribution in [2.45, 2.75) is 52.4 Å². The van der Waals surface area contributed by atoms with E-state index in [-0.39, 0.29) is 16.0 Å². The summed E-state index contributed by atoms with van der Waals surface area (Å²) in [5.74, 6) is 0.0608. The predicted octanol–water partition coefficient (Wildman–Crippen LogP) is 4.31. The van der Waals surface area contributed by atoms with Crippen molar-refractivity contribution >= 4 is 40.0 Å². The smallest absolute Gasteiger partial charge is 0.302 e. The number of hydrogen-bond acceptors (Lipinski definition) is 3. The molecular weight excluding hydrogens is 307 g/mol. The van der Waals surface area contributed by atoms with Gasteiger partial charge in [-0.3, -0.25) is 9.00 Å². The molecule has 0 aliphatic rings. The van der Waals surface area contributed by atoms with Crippen LogP contribution in [-0.4, -0.2) is 22.5 Å². The van der Waals surface area contributed by atoms with Gasteiger partial charge in [-0.2, -0.15) is 0 Å². The van der Waals surface area contributed by atoms with Crippen molar-refractivity contribution in [3.63, 3.8) is 0 Å². The van der Waals surface area contributed by atoms with Crippen LogP contribution in [0.2, 0.25) is 0 Å². The first-order valence-corrected chi connectivity index (χ1v) is 8.62. The first-order chi connectivity index (χ1) is 8.99. The van der Waals surface area contributed by atoms with E-state index in [1.54, 1.807) is 0 Å². The van der Waals surface area contributed by atoms with Crippen LogP contribution in [0, 0.1) is 0 Å². The number of carbonyl (C=O) groups is 1. The molecular formula is C13H22Cl2O3S. The zero-order valence-electron chi connectivity index (χ0n) is 11.5. The molecule has 0 aromatic carbocycles. The van der Waals surface area contributed by atoms with E-state index in [1.165, 1.54) is 26.2 Å². The predicted molar refractivity (Wildman–Crippen MR) is 81.8 cm³/mol. The minimum atomic E-state index is -1.29. The highest BCUT2D eigenvalue weighted by molar-refractivity contribution is 7.90. The van der Waals surface area contributed by atoms with E-state index in [4.69, 9.17) is 27.9 Å². The summed E-state index contributed by atoms with van der Waals surface area (Å²) < 4.78 is 16.6. The second-order valence-electron chi connectivity index (χ2n) is 4.28. The van der Waals surface area contributed by atoms with E-state index in [1.807, 2.05) is 0 Å². The Morgan fingerprint density at radius 2 is 1.68 bits per heavy atom. The molecule has 0 aromatic rings. The lowest BCUT2D eigenvalue weighted by atomic mass is 10.1. The van der Waals surface area contributed by atoms with Crippen LogP contribution in [0.5, 0.6) is 0 Å². The number of halogens is 2. The average Bonchev–Trinajstić information content (AvgIpc) is 2.38. The largest absolute Gasteiger partial charge is 0.460 e. The first kappa shape index (κ1) is 18.9. The Labute approximate surface area is 128 Å². The topological polar surface area (TPSA) is 43.4 Å². The van der Waals surface area contributed by atoms with Crippen LogP contribution in [0.4, 0.5) is 0 Å². The minimum absolute atomic E-state index is 0.0940. The Kier molecular flexibility index (Phi) is 11.7. The number of unbranched alkanes of at least 4 members (excludes halogenated alkanes) is 5. The number of carbonyl (C=O) groups excluding carboxylic acids is 1. The quantitative estimate of drug-likeness (QED) is 0.443. The number of esters is 1. The van der Waals surface area contributed by atoms with Crippen LogP contribution in [0.3, 0.4) is 0 Å². The molecule has 0 spiro atoms. The second-order valence-corrected chi connectivity index (χ2v) is 6.84. The lowest BCUT2D eigenvalue weighted by Gasteiger charge is -2.05. The maximum absolute atomic E-state index is 11.8. The monoisotopic (exact) mass is 328 g/mol. The summed E-state index contributed by atoms with van der Waals surface area (Å²) in [5.41, 5.74) is 0. The number of ether oxygens (including phenoxy) is 1. The summed E-state index contributed by atoms with van der Waals surface area (Å²) >= 11 is 11.7. The van der Waals surface area contributed by atoms with Crippen LogP contribution in [0.15, 0.2) is 9.40 Å². The SMILES string of the molecule is CCCCCCCCS(=O)C(Cl)=C(Cl)COC(C)=O. The van der Waals surface area contributed by atoms with E-state index in [9.17, 15) is 9.00 Å². The fourth-order valence-corrected chi connectivity index (χ4v) is 3.00. The van der Waals surface area contributed by atoms with Crippen molar-refractivity contribution in [2.24, 2.45) is 0 Å². The molecule has 19 heavy (non-hydrogen) atoms. The van der Waals surface area contributed by atoms with E-state index in [2.05, 4.69) is 6.92 Å². The van der Waals surface area contributed by atoms with Crippen molar-refractivity contribution < 1.29 is 13.7 Å². The van der Waals surface area contributed by atoms with Crippen molar-refractivity contribution in [3.05, 3.63) is 9.40 Å².